The first-order chi connectivity index (χ1) is 14.8. The van der Waals surface area contributed by atoms with Crippen molar-refractivity contribution in [2.75, 3.05) is 58.9 Å². The number of hydrogen-bond acceptors (Lipinski definition) is 5. The van der Waals surface area contributed by atoms with Gasteiger partial charge >= 0.3 is 0 Å². The van der Waals surface area contributed by atoms with Crippen molar-refractivity contribution in [3.05, 3.63) is 29.8 Å². The van der Waals surface area contributed by atoms with Crippen LogP contribution in [0.2, 0.25) is 0 Å². The van der Waals surface area contributed by atoms with Crippen molar-refractivity contribution in [3.63, 3.8) is 0 Å². The van der Waals surface area contributed by atoms with Crippen molar-refractivity contribution in [2.24, 2.45) is 11.8 Å². The number of amides is 1. The molecule has 2 heterocycles. The first-order valence-corrected chi connectivity index (χ1v) is 13.0. The van der Waals surface area contributed by atoms with E-state index in [0.717, 1.165) is 31.7 Å². The number of likely N-dealkylation sites (tertiary alicyclic amines) is 1. The molecule has 0 radical (unpaired) electrons. The van der Waals surface area contributed by atoms with Crippen LogP contribution in [0.25, 0.3) is 0 Å². The second-order valence-corrected chi connectivity index (χ2v) is 11.2. The van der Waals surface area contributed by atoms with Crippen molar-refractivity contribution in [2.45, 2.75) is 38.5 Å². The van der Waals surface area contributed by atoms with E-state index in [1.54, 1.807) is 12.1 Å². The first kappa shape index (κ1) is 24.2. The molecule has 174 valence electrons. The van der Waals surface area contributed by atoms with Gasteiger partial charge in [0.25, 0.3) is 0 Å². The summed E-state index contributed by atoms with van der Waals surface area (Å²) in [6.45, 7) is 12.6. The number of aryl methyl sites for hydroxylation is 1. The fourth-order valence-corrected chi connectivity index (χ4v) is 6.51. The molecule has 0 unspecified atom stereocenters. The topological polar surface area (TPSA) is 73.0 Å². The van der Waals surface area contributed by atoms with Gasteiger partial charge in [-0.3, -0.25) is 4.79 Å². The van der Waals surface area contributed by atoms with Crippen LogP contribution in [0, 0.1) is 18.8 Å². The van der Waals surface area contributed by atoms with Crippen LogP contribution in [0.15, 0.2) is 29.2 Å². The van der Waals surface area contributed by atoms with E-state index < -0.39 is 10.0 Å². The zero-order chi connectivity index (χ0) is 22.4. The van der Waals surface area contributed by atoms with Gasteiger partial charge in [-0.1, -0.05) is 32.0 Å². The lowest BCUT2D eigenvalue weighted by atomic mass is 9.92. The summed E-state index contributed by atoms with van der Waals surface area (Å²) in [6.07, 6.45) is 1.44. The molecule has 1 amide bonds. The Morgan fingerprint density at radius 3 is 2.39 bits per heavy atom. The fourth-order valence-electron chi connectivity index (χ4n) is 4.86. The number of nitrogens with one attached hydrogen (secondary N) is 1. The van der Waals surface area contributed by atoms with E-state index >= 15 is 0 Å². The van der Waals surface area contributed by atoms with Crippen LogP contribution >= 0.6 is 0 Å². The summed E-state index contributed by atoms with van der Waals surface area (Å²) in [5.41, 5.74) is 0.737. The Hall–Kier alpha value is -1.48. The molecule has 0 saturated carbocycles. The maximum Gasteiger partial charge on any atom is 0.243 e. The summed E-state index contributed by atoms with van der Waals surface area (Å²) < 4.78 is 28.6. The van der Waals surface area contributed by atoms with E-state index in [0.29, 0.717) is 42.9 Å². The molecule has 8 heteroatoms. The average Bonchev–Trinajstić information content (AvgIpc) is 2.73. The second kappa shape index (κ2) is 10.9. The van der Waals surface area contributed by atoms with E-state index in [1.807, 2.05) is 24.0 Å². The predicted molar refractivity (Wildman–Crippen MR) is 123 cm³/mol. The van der Waals surface area contributed by atoms with Gasteiger partial charge in [-0.2, -0.15) is 4.31 Å². The molecule has 0 aromatic heterocycles. The van der Waals surface area contributed by atoms with E-state index in [-0.39, 0.29) is 18.9 Å². The minimum Gasteiger partial charge on any atom is -0.340 e. The number of carbonyl (C=O) groups is 1. The summed E-state index contributed by atoms with van der Waals surface area (Å²) in [5.74, 6) is 1.28. The number of nitrogens with zero attached hydrogens (tertiary/aromatic N) is 3. The maximum absolute atomic E-state index is 13.5. The van der Waals surface area contributed by atoms with Crippen LogP contribution in [-0.2, 0) is 14.8 Å². The molecule has 1 aromatic rings. The van der Waals surface area contributed by atoms with Crippen LogP contribution in [0.3, 0.4) is 0 Å². The first-order valence-electron chi connectivity index (χ1n) is 11.5. The summed E-state index contributed by atoms with van der Waals surface area (Å²) in [4.78, 5) is 17.2. The third-order valence-corrected chi connectivity index (χ3v) is 8.43. The number of piperazine rings is 1. The van der Waals surface area contributed by atoms with Crippen molar-refractivity contribution >= 4 is 15.9 Å². The lowest BCUT2D eigenvalue weighted by molar-refractivity contribution is -0.131. The van der Waals surface area contributed by atoms with Gasteiger partial charge in [-0.25, -0.2) is 8.42 Å². The van der Waals surface area contributed by atoms with Crippen molar-refractivity contribution in [3.8, 4) is 0 Å². The summed E-state index contributed by atoms with van der Waals surface area (Å²) in [5, 5.41) is 3.24. The van der Waals surface area contributed by atoms with Gasteiger partial charge in [0.05, 0.1) is 4.90 Å². The molecule has 1 aromatic carbocycles. The Bertz CT molecular complexity index is 829. The van der Waals surface area contributed by atoms with Gasteiger partial charge in [0.15, 0.2) is 0 Å². The largest absolute Gasteiger partial charge is 0.340 e. The molecule has 2 aliphatic heterocycles. The predicted octanol–water partition coefficient (Wildman–Crippen LogP) is 1.79. The third-order valence-electron chi connectivity index (χ3n) is 6.37. The van der Waals surface area contributed by atoms with Crippen molar-refractivity contribution < 1.29 is 13.2 Å². The Morgan fingerprint density at radius 2 is 1.74 bits per heavy atom. The number of rotatable bonds is 8. The molecule has 31 heavy (non-hydrogen) atoms. The Labute approximate surface area is 187 Å². The molecule has 2 fully saturated rings. The standard InChI is InChI=1S/C23H38N4O3S/c1-19-16-20(2)18-25(17-19)14-15-27(11-8-23(28)26-12-9-24-10-13-26)31(29,30)22-7-5-4-6-21(22)3/h4-7,19-20,24H,8-18H2,1-3H3/t19-,20+. The quantitative estimate of drug-likeness (QED) is 0.654. The number of piperidine rings is 1. The summed E-state index contributed by atoms with van der Waals surface area (Å²) in [7, 11) is -3.66. The van der Waals surface area contributed by atoms with Gasteiger partial charge in [0.1, 0.15) is 0 Å². The summed E-state index contributed by atoms with van der Waals surface area (Å²) >= 11 is 0. The molecule has 2 atom stereocenters. The lowest BCUT2D eigenvalue weighted by Crippen LogP contribution is -2.48. The molecule has 2 saturated heterocycles. The lowest BCUT2D eigenvalue weighted by Gasteiger charge is -2.36. The number of carbonyl (C=O) groups excluding carboxylic acids is 1. The Morgan fingerprint density at radius 1 is 1.10 bits per heavy atom. The highest BCUT2D eigenvalue weighted by atomic mass is 32.2. The Kier molecular flexibility index (Phi) is 8.50. The van der Waals surface area contributed by atoms with Crippen LogP contribution in [0.5, 0.6) is 0 Å². The smallest absolute Gasteiger partial charge is 0.243 e. The Balaban J connectivity index is 1.71. The second-order valence-electron chi connectivity index (χ2n) is 9.26. The molecular weight excluding hydrogens is 412 g/mol. The number of sulfonamides is 1. The van der Waals surface area contributed by atoms with Crippen LogP contribution < -0.4 is 5.32 Å². The normalized spacial score (nSPS) is 23.3. The fraction of sp³-hybridized carbons (Fsp3) is 0.696. The minimum atomic E-state index is -3.66. The van der Waals surface area contributed by atoms with Gasteiger partial charge < -0.3 is 15.1 Å². The maximum atomic E-state index is 13.5. The van der Waals surface area contributed by atoms with Crippen LogP contribution in [-0.4, -0.2) is 87.3 Å². The number of hydrogen-bond donors (Lipinski definition) is 1. The minimum absolute atomic E-state index is 0.0340. The zero-order valence-corrected chi connectivity index (χ0v) is 20.0. The monoisotopic (exact) mass is 450 g/mol. The average molecular weight is 451 g/mol. The van der Waals surface area contributed by atoms with Crippen molar-refractivity contribution in [1.29, 1.82) is 0 Å². The summed E-state index contributed by atoms with van der Waals surface area (Å²) in [6, 6.07) is 7.10. The third kappa shape index (κ3) is 6.51. The van der Waals surface area contributed by atoms with Crippen LogP contribution in [0.1, 0.15) is 32.3 Å². The highest BCUT2D eigenvalue weighted by Crippen LogP contribution is 2.23. The SMILES string of the molecule is Cc1ccccc1S(=O)(=O)N(CCC(=O)N1CCNCC1)CCN1C[C@H](C)C[C@H](C)C1. The van der Waals surface area contributed by atoms with Gasteiger partial charge in [0, 0.05) is 65.3 Å². The number of benzene rings is 1. The molecular formula is C23H38N4O3S. The van der Waals surface area contributed by atoms with E-state index in [4.69, 9.17) is 0 Å². The zero-order valence-electron chi connectivity index (χ0n) is 19.2. The highest BCUT2D eigenvalue weighted by molar-refractivity contribution is 7.89. The van der Waals surface area contributed by atoms with Gasteiger partial charge in [-0.15, -0.1) is 0 Å². The molecule has 0 spiro atoms. The molecule has 7 nitrogen and oxygen atoms in total. The molecule has 1 N–H and O–H groups in total. The molecule has 0 aliphatic carbocycles. The molecule has 2 aliphatic rings. The van der Waals surface area contributed by atoms with E-state index in [9.17, 15) is 13.2 Å². The van der Waals surface area contributed by atoms with Crippen molar-refractivity contribution in [1.82, 2.24) is 19.4 Å². The molecule has 3 rings (SSSR count). The van der Waals surface area contributed by atoms with Crippen LogP contribution in [0.4, 0.5) is 0 Å². The molecule has 0 bridgehead atoms. The van der Waals surface area contributed by atoms with Gasteiger partial charge in [0.2, 0.25) is 15.9 Å². The van der Waals surface area contributed by atoms with E-state index in [1.165, 1.54) is 10.7 Å². The van der Waals surface area contributed by atoms with E-state index in [2.05, 4.69) is 24.1 Å². The highest BCUT2D eigenvalue weighted by Gasteiger charge is 2.29. The van der Waals surface area contributed by atoms with Gasteiger partial charge in [-0.05, 0) is 36.8 Å².